The Kier molecular flexibility index (Phi) is 4.43. The molecule has 0 saturated carbocycles. The summed E-state index contributed by atoms with van der Waals surface area (Å²) in [5.41, 5.74) is 2.70. The highest BCUT2D eigenvalue weighted by Crippen LogP contribution is 2.19. The molecule has 0 aliphatic rings. The Balaban J connectivity index is 2.19. The smallest absolute Gasteiger partial charge is 0.175 e. The molecule has 0 bridgehead atoms. The number of benzene rings is 2. The highest BCUT2D eigenvalue weighted by atomic mass is 32.2. The zero-order valence-electron chi connectivity index (χ0n) is 12.2. The number of hydrogen-bond acceptors (Lipinski definition) is 4. The third-order valence-electron chi connectivity index (χ3n) is 3.05. The van der Waals surface area contributed by atoms with Crippen molar-refractivity contribution in [2.75, 3.05) is 13.4 Å². The van der Waals surface area contributed by atoms with Crippen LogP contribution < -0.4 is 4.74 Å². The van der Waals surface area contributed by atoms with E-state index in [0.717, 1.165) is 16.9 Å². The quantitative estimate of drug-likeness (QED) is 0.815. The first kappa shape index (κ1) is 15.3. The van der Waals surface area contributed by atoms with Crippen LogP contribution in [0.1, 0.15) is 11.1 Å². The number of hydrogen-bond donors (Lipinski definition) is 0. The van der Waals surface area contributed by atoms with Crippen molar-refractivity contribution in [3.8, 4) is 5.75 Å². The molecule has 0 aliphatic carbocycles. The van der Waals surface area contributed by atoms with Gasteiger partial charge in [0.2, 0.25) is 0 Å². The van der Waals surface area contributed by atoms with Crippen LogP contribution in [0.15, 0.2) is 52.4 Å². The van der Waals surface area contributed by atoms with E-state index in [1.807, 2.05) is 25.1 Å². The standard InChI is InChI=1S/C16H17NO3S/c1-12-10-13(4-9-16(12)20-2)11-17-14-5-7-15(8-6-14)21(3,18)19/h4-11H,1-3H3. The largest absolute Gasteiger partial charge is 0.496 e. The van der Waals surface area contributed by atoms with Gasteiger partial charge in [-0.3, -0.25) is 4.99 Å². The molecule has 110 valence electrons. The minimum absolute atomic E-state index is 0.293. The van der Waals surface area contributed by atoms with Gasteiger partial charge < -0.3 is 4.74 Å². The summed E-state index contributed by atoms with van der Waals surface area (Å²) in [7, 11) is -1.53. The van der Waals surface area contributed by atoms with Gasteiger partial charge in [-0.25, -0.2) is 8.42 Å². The van der Waals surface area contributed by atoms with Crippen LogP contribution in [-0.2, 0) is 9.84 Å². The fraction of sp³-hybridized carbons (Fsp3) is 0.188. The van der Waals surface area contributed by atoms with Crippen molar-refractivity contribution in [2.24, 2.45) is 4.99 Å². The van der Waals surface area contributed by atoms with E-state index >= 15 is 0 Å². The lowest BCUT2D eigenvalue weighted by Crippen LogP contribution is -1.95. The first-order chi connectivity index (χ1) is 9.90. The average Bonchev–Trinajstić information content (AvgIpc) is 2.45. The predicted molar refractivity (Wildman–Crippen MR) is 84.5 cm³/mol. The summed E-state index contributed by atoms with van der Waals surface area (Å²) in [6, 6.07) is 12.3. The molecule has 2 rings (SSSR count). The second-order valence-corrected chi connectivity index (χ2v) is 6.77. The molecule has 5 heteroatoms. The highest BCUT2D eigenvalue weighted by Gasteiger charge is 2.05. The van der Waals surface area contributed by atoms with Crippen LogP contribution in [-0.4, -0.2) is 28.0 Å². The molecule has 4 nitrogen and oxygen atoms in total. The third kappa shape index (κ3) is 3.92. The molecule has 0 heterocycles. The van der Waals surface area contributed by atoms with E-state index in [1.54, 1.807) is 37.6 Å². The molecule has 0 fully saturated rings. The molecule has 0 aliphatic heterocycles. The van der Waals surface area contributed by atoms with E-state index in [9.17, 15) is 8.42 Å². The van der Waals surface area contributed by atoms with Gasteiger partial charge in [0.15, 0.2) is 9.84 Å². The van der Waals surface area contributed by atoms with Gasteiger partial charge in [0.25, 0.3) is 0 Å². The lowest BCUT2D eigenvalue weighted by Gasteiger charge is -2.04. The van der Waals surface area contributed by atoms with Crippen molar-refractivity contribution in [2.45, 2.75) is 11.8 Å². The van der Waals surface area contributed by atoms with Crippen LogP contribution in [0, 0.1) is 6.92 Å². The Bertz CT molecular complexity index is 763. The lowest BCUT2D eigenvalue weighted by atomic mass is 10.1. The summed E-state index contributed by atoms with van der Waals surface area (Å²) in [5.74, 6) is 0.838. The molecule has 0 spiro atoms. The van der Waals surface area contributed by atoms with Gasteiger partial charge >= 0.3 is 0 Å². The zero-order valence-corrected chi connectivity index (χ0v) is 13.0. The summed E-state index contributed by atoms with van der Waals surface area (Å²) in [6.07, 6.45) is 2.92. The summed E-state index contributed by atoms with van der Waals surface area (Å²) >= 11 is 0. The molecule has 2 aromatic rings. The van der Waals surface area contributed by atoms with Crippen molar-refractivity contribution in [1.82, 2.24) is 0 Å². The van der Waals surface area contributed by atoms with E-state index < -0.39 is 9.84 Å². The Morgan fingerprint density at radius 2 is 1.76 bits per heavy atom. The van der Waals surface area contributed by atoms with Gasteiger partial charge in [-0.05, 0) is 60.5 Å². The van der Waals surface area contributed by atoms with Crippen LogP contribution in [0.25, 0.3) is 0 Å². The molecular weight excluding hydrogens is 286 g/mol. The Morgan fingerprint density at radius 3 is 2.29 bits per heavy atom. The Hall–Kier alpha value is -2.14. The third-order valence-corrected chi connectivity index (χ3v) is 4.17. The summed E-state index contributed by atoms with van der Waals surface area (Å²) in [6.45, 7) is 1.97. The highest BCUT2D eigenvalue weighted by molar-refractivity contribution is 7.90. The molecule has 0 unspecified atom stereocenters. The van der Waals surface area contributed by atoms with Crippen molar-refractivity contribution in [3.05, 3.63) is 53.6 Å². The van der Waals surface area contributed by atoms with Crippen molar-refractivity contribution < 1.29 is 13.2 Å². The van der Waals surface area contributed by atoms with Crippen LogP contribution in [0.2, 0.25) is 0 Å². The monoisotopic (exact) mass is 303 g/mol. The Labute approximate surface area is 125 Å². The molecule has 0 saturated heterocycles. The number of ether oxygens (including phenoxy) is 1. The van der Waals surface area contributed by atoms with Gasteiger partial charge in [0.1, 0.15) is 5.75 Å². The van der Waals surface area contributed by atoms with E-state index in [-0.39, 0.29) is 0 Å². The first-order valence-electron chi connectivity index (χ1n) is 6.39. The maximum Gasteiger partial charge on any atom is 0.175 e. The van der Waals surface area contributed by atoms with E-state index in [2.05, 4.69) is 4.99 Å². The molecule has 0 aromatic heterocycles. The molecule has 0 radical (unpaired) electrons. The number of sulfone groups is 1. The molecule has 2 aromatic carbocycles. The minimum atomic E-state index is -3.17. The molecule has 21 heavy (non-hydrogen) atoms. The molecule has 0 N–H and O–H groups in total. The molecule has 0 atom stereocenters. The second kappa shape index (κ2) is 6.10. The van der Waals surface area contributed by atoms with Crippen molar-refractivity contribution in [3.63, 3.8) is 0 Å². The van der Waals surface area contributed by atoms with Gasteiger partial charge in [-0.2, -0.15) is 0 Å². The summed E-state index contributed by atoms with van der Waals surface area (Å²) < 4.78 is 27.9. The Morgan fingerprint density at radius 1 is 1.10 bits per heavy atom. The van der Waals surface area contributed by atoms with E-state index in [1.165, 1.54) is 6.26 Å². The zero-order chi connectivity index (χ0) is 15.5. The number of aryl methyl sites for hydroxylation is 1. The minimum Gasteiger partial charge on any atom is -0.496 e. The van der Waals surface area contributed by atoms with Crippen LogP contribution in [0.5, 0.6) is 5.75 Å². The molecular formula is C16H17NO3S. The van der Waals surface area contributed by atoms with Gasteiger partial charge in [-0.1, -0.05) is 0 Å². The number of aliphatic imine (C=N–C) groups is 1. The van der Waals surface area contributed by atoms with Crippen LogP contribution in [0.4, 0.5) is 5.69 Å². The number of rotatable bonds is 4. The van der Waals surface area contributed by atoms with E-state index in [0.29, 0.717) is 10.6 Å². The lowest BCUT2D eigenvalue weighted by molar-refractivity contribution is 0.411. The maximum absolute atomic E-state index is 11.4. The SMILES string of the molecule is COc1ccc(C=Nc2ccc(S(C)(=O)=O)cc2)cc1C. The fourth-order valence-electron chi connectivity index (χ4n) is 1.91. The van der Waals surface area contributed by atoms with Crippen molar-refractivity contribution in [1.29, 1.82) is 0 Å². The maximum atomic E-state index is 11.4. The summed E-state index contributed by atoms with van der Waals surface area (Å²) in [5, 5.41) is 0. The first-order valence-corrected chi connectivity index (χ1v) is 8.28. The van der Waals surface area contributed by atoms with E-state index in [4.69, 9.17) is 4.74 Å². The summed E-state index contributed by atoms with van der Waals surface area (Å²) in [4.78, 5) is 4.63. The van der Waals surface area contributed by atoms with Gasteiger partial charge in [0.05, 0.1) is 17.7 Å². The second-order valence-electron chi connectivity index (χ2n) is 4.75. The van der Waals surface area contributed by atoms with Gasteiger partial charge in [0, 0.05) is 12.5 Å². The van der Waals surface area contributed by atoms with Crippen LogP contribution >= 0.6 is 0 Å². The normalized spacial score (nSPS) is 11.8. The van der Waals surface area contributed by atoms with Crippen LogP contribution in [0.3, 0.4) is 0 Å². The van der Waals surface area contributed by atoms with Crippen molar-refractivity contribution >= 4 is 21.7 Å². The number of nitrogens with zero attached hydrogens (tertiary/aromatic N) is 1. The van der Waals surface area contributed by atoms with Gasteiger partial charge in [-0.15, -0.1) is 0 Å². The predicted octanol–water partition coefficient (Wildman–Crippen LogP) is 3.16. The average molecular weight is 303 g/mol. The topological polar surface area (TPSA) is 55.7 Å². The number of methoxy groups -OCH3 is 1. The fourth-order valence-corrected chi connectivity index (χ4v) is 2.54. The molecule has 0 amide bonds.